The van der Waals surface area contributed by atoms with Crippen LogP contribution in [0.4, 0.5) is 0 Å². The first kappa shape index (κ1) is 17.7. The fourth-order valence-corrected chi connectivity index (χ4v) is 5.77. The normalized spacial score (nSPS) is 24.1. The number of rotatable bonds is 2. The number of para-hydroxylation sites is 2. The Kier molecular flexibility index (Phi) is 4.16. The number of hydrogen-bond donors (Lipinski definition) is 0. The molecule has 0 N–H and O–H groups in total. The smallest absolute Gasteiger partial charge is 0.222 e. The lowest BCUT2D eigenvalue weighted by molar-refractivity contribution is -0.138. The summed E-state index contributed by atoms with van der Waals surface area (Å²) in [6.45, 7) is 2.33. The summed E-state index contributed by atoms with van der Waals surface area (Å²) >= 11 is 1.67. The Bertz CT molecular complexity index is 1080. The monoisotopic (exact) mass is 389 g/mol. The van der Waals surface area contributed by atoms with Crippen molar-refractivity contribution in [1.82, 2.24) is 14.9 Å². The second kappa shape index (κ2) is 6.59. The predicted octanol–water partition coefficient (Wildman–Crippen LogP) is 4.61. The van der Waals surface area contributed by atoms with Gasteiger partial charge in [0.1, 0.15) is 5.03 Å². The van der Waals surface area contributed by atoms with E-state index in [9.17, 15) is 4.79 Å². The Morgan fingerprint density at radius 3 is 2.82 bits per heavy atom. The summed E-state index contributed by atoms with van der Waals surface area (Å²) < 4.78 is 0. The molecular formula is C23H23N3OS. The zero-order valence-corrected chi connectivity index (χ0v) is 17.0. The van der Waals surface area contributed by atoms with E-state index < -0.39 is 0 Å². The van der Waals surface area contributed by atoms with E-state index in [0.717, 1.165) is 35.3 Å². The number of carbonyl (C=O) groups is 1. The molecule has 142 valence electrons. The van der Waals surface area contributed by atoms with Crippen molar-refractivity contribution in [2.24, 2.45) is 0 Å². The molecule has 2 atom stereocenters. The number of hydrogen-bond acceptors (Lipinski definition) is 4. The molecule has 5 heteroatoms. The van der Waals surface area contributed by atoms with Crippen molar-refractivity contribution < 1.29 is 4.79 Å². The maximum atomic E-state index is 12.2. The van der Waals surface area contributed by atoms with Crippen LogP contribution in [-0.2, 0) is 16.6 Å². The second-order valence-electron chi connectivity index (χ2n) is 8.09. The summed E-state index contributed by atoms with van der Waals surface area (Å²) in [6, 6.07) is 15.1. The van der Waals surface area contributed by atoms with E-state index in [2.05, 4.69) is 30.1 Å². The maximum absolute atomic E-state index is 12.2. The average molecular weight is 390 g/mol. The van der Waals surface area contributed by atoms with Gasteiger partial charge in [0.25, 0.3) is 0 Å². The summed E-state index contributed by atoms with van der Waals surface area (Å²) in [5, 5.41) is 0.918. The van der Waals surface area contributed by atoms with Gasteiger partial charge in [0, 0.05) is 29.8 Å². The minimum Gasteiger partial charge on any atom is -0.342 e. The molecule has 0 unspecified atom stereocenters. The molecule has 1 fully saturated rings. The van der Waals surface area contributed by atoms with Crippen LogP contribution in [0, 0.1) is 0 Å². The Labute approximate surface area is 169 Å². The number of likely N-dealkylation sites (tertiary alicyclic amines) is 1. The predicted molar refractivity (Wildman–Crippen MR) is 112 cm³/mol. The van der Waals surface area contributed by atoms with Gasteiger partial charge in [-0.2, -0.15) is 0 Å². The van der Waals surface area contributed by atoms with Gasteiger partial charge < -0.3 is 4.90 Å². The van der Waals surface area contributed by atoms with E-state index in [-0.39, 0.29) is 11.3 Å². The SMILES string of the molecule is CN1C(=O)CC[C@]2(C)c3ccc(Sc4cnc5ccccc5n4)cc3CC[C@@H]12. The molecule has 1 aliphatic heterocycles. The second-order valence-corrected chi connectivity index (χ2v) is 9.19. The highest BCUT2D eigenvalue weighted by Crippen LogP contribution is 2.46. The first-order valence-corrected chi connectivity index (χ1v) is 10.6. The minimum absolute atomic E-state index is 0.0577. The van der Waals surface area contributed by atoms with Crippen molar-refractivity contribution in [3.05, 3.63) is 59.8 Å². The number of aryl methyl sites for hydroxylation is 1. The van der Waals surface area contributed by atoms with Crippen molar-refractivity contribution in [2.45, 2.75) is 54.0 Å². The molecule has 0 bridgehead atoms. The van der Waals surface area contributed by atoms with Gasteiger partial charge >= 0.3 is 0 Å². The van der Waals surface area contributed by atoms with Gasteiger partial charge in [-0.1, -0.05) is 36.9 Å². The lowest BCUT2D eigenvalue weighted by Gasteiger charge is -2.50. The zero-order valence-electron chi connectivity index (χ0n) is 16.2. The van der Waals surface area contributed by atoms with Crippen molar-refractivity contribution in [2.75, 3.05) is 7.05 Å². The highest BCUT2D eigenvalue weighted by molar-refractivity contribution is 7.99. The van der Waals surface area contributed by atoms with Crippen LogP contribution in [0.25, 0.3) is 11.0 Å². The molecule has 2 heterocycles. The van der Waals surface area contributed by atoms with Crippen LogP contribution >= 0.6 is 11.8 Å². The molecular weight excluding hydrogens is 366 g/mol. The Balaban J connectivity index is 1.45. The highest BCUT2D eigenvalue weighted by atomic mass is 32.2. The standard InChI is InChI=1S/C23H23N3OS/c1-23-12-11-22(27)26(2)20(23)10-7-15-13-16(8-9-17(15)23)28-21-14-24-18-5-3-4-6-19(18)25-21/h3-6,8-9,13-14,20H,7,10-12H2,1-2H3/t20-,23-/m1/s1. The van der Waals surface area contributed by atoms with Crippen molar-refractivity contribution in [3.8, 4) is 0 Å². The Hall–Kier alpha value is -2.40. The Morgan fingerprint density at radius 1 is 1.14 bits per heavy atom. The van der Waals surface area contributed by atoms with Gasteiger partial charge in [-0.05, 0) is 54.7 Å². The fraction of sp³-hybridized carbons (Fsp3) is 0.348. The van der Waals surface area contributed by atoms with Crippen LogP contribution in [0.3, 0.4) is 0 Å². The summed E-state index contributed by atoms with van der Waals surface area (Å²) in [7, 11) is 1.97. The summed E-state index contributed by atoms with van der Waals surface area (Å²) in [5.41, 5.74) is 4.74. The van der Waals surface area contributed by atoms with Crippen molar-refractivity contribution >= 4 is 28.7 Å². The fourth-order valence-electron chi connectivity index (χ4n) is 4.94. The number of aromatic nitrogens is 2. The van der Waals surface area contributed by atoms with Crippen molar-refractivity contribution in [3.63, 3.8) is 0 Å². The van der Waals surface area contributed by atoms with Crippen LogP contribution in [0.2, 0.25) is 0 Å². The van der Waals surface area contributed by atoms with Crippen LogP contribution in [-0.4, -0.2) is 33.9 Å². The van der Waals surface area contributed by atoms with E-state index >= 15 is 0 Å². The van der Waals surface area contributed by atoms with Gasteiger partial charge in [-0.15, -0.1) is 0 Å². The number of nitrogens with zero attached hydrogens (tertiary/aromatic N) is 3. The van der Waals surface area contributed by atoms with Gasteiger partial charge in [0.05, 0.1) is 17.2 Å². The Morgan fingerprint density at radius 2 is 1.96 bits per heavy atom. The van der Waals surface area contributed by atoms with E-state index in [1.54, 1.807) is 11.8 Å². The number of carbonyl (C=O) groups excluding carboxylic acids is 1. The lowest BCUT2D eigenvalue weighted by Crippen LogP contribution is -2.56. The lowest BCUT2D eigenvalue weighted by atomic mass is 9.63. The molecule has 1 amide bonds. The molecule has 0 saturated carbocycles. The first-order valence-electron chi connectivity index (χ1n) is 9.83. The van der Waals surface area contributed by atoms with E-state index in [0.29, 0.717) is 12.5 Å². The molecule has 3 aromatic rings. The van der Waals surface area contributed by atoms with Crippen LogP contribution in [0.1, 0.15) is 37.3 Å². The molecule has 5 rings (SSSR count). The van der Waals surface area contributed by atoms with Gasteiger partial charge in [-0.3, -0.25) is 9.78 Å². The highest BCUT2D eigenvalue weighted by Gasteiger charge is 2.46. The summed E-state index contributed by atoms with van der Waals surface area (Å²) in [6.07, 6.45) is 5.49. The average Bonchev–Trinajstić information content (AvgIpc) is 2.71. The van der Waals surface area contributed by atoms with Crippen molar-refractivity contribution in [1.29, 1.82) is 0 Å². The molecule has 2 aliphatic rings. The molecule has 1 aliphatic carbocycles. The third-order valence-corrected chi connectivity index (χ3v) is 7.38. The molecule has 1 saturated heterocycles. The molecule has 0 radical (unpaired) electrons. The largest absolute Gasteiger partial charge is 0.342 e. The number of benzene rings is 2. The number of piperidine rings is 1. The van der Waals surface area contributed by atoms with E-state index in [1.807, 2.05) is 42.4 Å². The van der Waals surface area contributed by atoms with E-state index in [1.165, 1.54) is 16.0 Å². The first-order chi connectivity index (χ1) is 13.5. The maximum Gasteiger partial charge on any atom is 0.222 e. The quantitative estimate of drug-likeness (QED) is 0.642. The van der Waals surface area contributed by atoms with Crippen LogP contribution < -0.4 is 0 Å². The molecule has 0 spiro atoms. The van der Waals surface area contributed by atoms with Gasteiger partial charge in [0.15, 0.2) is 0 Å². The number of likely N-dealkylation sites (N-methyl/N-ethyl adjacent to an activating group) is 1. The molecule has 2 aromatic carbocycles. The zero-order chi connectivity index (χ0) is 19.3. The van der Waals surface area contributed by atoms with E-state index in [4.69, 9.17) is 4.98 Å². The number of amides is 1. The third kappa shape index (κ3) is 2.80. The number of fused-ring (bicyclic) bond motifs is 4. The minimum atomic E-state index is 0.0577. The topological polar surface area (TPSA) is 46.1 Å². The molecule has 28 heavy (non-hydrogen) atoms. The van der Waals surface area contributed by atoms with Crippen LogP contribution in [0.5, 0.6) is 0 Å². The molecule has 1 aromatic heterocycles. The van der Waals surface area contributed by atoms with Crippen LogP contribution in [0.15, 0.2) is 58.6 Å². The summed E-state index contributed by atoms with van der Waals surface area (Å²) in [4.78, 5) is 24.6. The van der Waals surface area contributed by atoms with Gasteiger partial charge in [0.2, 0.25) is 5.91 Å². The summed E-state index contributed by atoms with van der Waals surface area (Å²) in [5.74, 6) is 0.285. The van der Waals surface area contributed by atoms with Gasteiger partial charge in [-0.25, -0.2) is 4.98 Å². The third-order valence-electron chi connectivity index (χ3n) is 6.48. The molecule has 4 nitrogen and oxygen atoms in total.